The quantitative estimate of drug-likeness (QED) is 0.477. The fourth-order valence-electron chi connectivity index (χ4n) is 1.87. The molecular weight excluding hydrogens is 252 g/mol. The van der Waals surface area contributed by atoms with Crippen LogP contribution in [-0.4, -0.2) is 33.6 Å². The third-order valence-electron chi connectivity index (χ3n) is 2.93. The predicted octanol–water partition coefficient (Wildman–Crippen LogP) is 1.58. The second kappa shape index (κ2) is 7.47. The maximum Gasteiger partial charge on any atom is 0.191 e. The number of hydrogen-bond acceptors (Lipinski definition) is 3. The smallest absolute Gasteiger partial charge is 0.191 e. The van der Waals surface area contributed by atoms with E-state index in [2.05, 4.69) is 39.7 Å². The lowest BCUT2D eigenvalue weighted by molar-refractivity contribution is 0.727. The molecule has 2 N–H and O–H groups in total. The van der Waals surface area contributed by atoms with Crippen LogP contribution in [0.1, 0.15) is 32.5 Å². The maximum atomic E-state index is 4.55. The molecule has 0 aliphatic rings. The van der Waals surface area contributed by atoms with Gasteiger partial charge in [-0.25, -0.2) is 4.99 Å². The van der Waals surface area contributed by atoms with Crippen LogP contribution in [0.25, 0.3) is 5.65 Å². The van der Waals surface area contributed by atoms with Crippen molar-refractivity contribution in [3.63, 3.8) is 0 Å². The molecular formula is C14H22N6. The highest BCUT2D eigenvalue weighted by Crippen LogP contribution is 2.03. The van der Waals surface area contributed by atoms with Crippen LogP contribution in [0.3, 0.4) is 0 Å². The predicted molar refractivity (Wildman–Crippen MR) is 80.7 cm³/mol. The minimum absolute atomic E-state index is 0.507. The van der Waals surface area contributed by atoms with E-state index in [1.807, 2.05) is 28.8 Å². The van der Waals surface area contributed by atoms with Gasteiger partial charge < -0.3 is 10.6 Å². The van der Waals surface area contributed by atoms with Crippen molar-refractivity contribution in [3.05, 3.63) is 30.2 Å². The van der Waals surface area contributed by atoms with Gasteiger partial charge >= 0.3 is 0 Å². The van der Waals surface area contributed by atoms with Gasteiger partial charge in [0.1, 0.15) is 6.54 Å². The van der Waals surface area contributed by atoms with E-state index in [1.54, 1.807) is 0 Å². The van der Waals surface area contributed by atoms with Crippen LogP contribution in [0.5, 0.6) is 0 Å². The first-order chi connectivity index (χ1) is 9.85. The number of hydrogen-bond donors (Lipinski definition) is 2. The average molecular weight is 274 g/mol. The Morgan fingerprint density at radius 1 is 1.25 bits per heavy atom. The summed E-state index contributed by atoms with van der Waals surface area (Å²) >= 11 is 0. The summed E-state index contributed by atoms with van der Waals surface area (Å²) in [6, 6.07) is 5.85. The minimum atomic E-state index is 0.507. The molecule has 2 heterocycles. The Hall–Kier alpha value is -2.11. The second-order valence-corrected chi connectivity index (χ2v) is 4.52. The number of aliphatic imine (C=N–C) groups is 1. The molecule has 108 valence electrons. The number of unbranched alkanes of at least 4 members (excludes halogenated alkanes) is 1. The van der Waals surface area contributed by atoms with E-state index in [-0.39, 0.29) is 0 Å². The van der Waals surface area contributed by atoms with Gasteiger partial charge in [0, 0.05) is 19.3 Å². The Morgan fingerprint density at radius 3 is 2.95 bits per heavy atom. The molecule has 0 aromatic carbocycles. The summed E-state index contributed by atoms with van der Waals surface area (Å²) in [5.41, 5.74) is 0.849. The first-order valence-electron chi connectivity index (χ1n) is 7.16. The van der Waals surface area contributed by atoms with E-state index in [9.17, 15) is 0 Å². The number of guanidine groups is 1. The number of nitrogens with zero attached hydrogens (tertiary/aromatic N) is 4. The van der Waals surface area contributed by atoms with E-state index in [4.69, 9.17) is 0 Å². The van der Waals surface area contributed by atoms with E-state index in [0.717, 1.165) is 36.9 Å². The molecule has 2 aromatic heterocycles. The maximum absolute atomic E-state index is 4.55. The molecule has 20 heavy (non-hydrogen) atoms. The molecule has 0 saturated heterocycles. The van der Waals surface area contributed by atoms with Gasteiger partial charge in [0.15, 0.2) is 17.4 Å². The van der Waals surface area contributed by atoms with Crippen molar-refractivity contribution >= 4 is 11.6 Å². The minimum Gasteiger partial charge on any atom is -0.357 e. The molecule has 0 atom stereocenters. The van der Waals surface area contributed by atoms with Gasteiger partial charge in [0.05, 0.1) is 0 Å². The first kappa shape index (κ1) is 14.3. The lowest BCUT2D eigenvalue weighted by Crippen LogP contribution is -2.37. The molecule has 0 aliphatic carbocycles. The fourth-order valence-corrected chi connectivity index (χ4v) is 1.87. The van der Waals surface area contributed by atoms with Crippen molar-refractivity contribution in [1.82, 2.24) is 25.2 Å². The number of aromatic nitrogens is 3. The molecule has 6 heteroatoms. The SMILES string of the molecule is CCCCNC(=NCc1nnc2ccccn12)NCC. The van der Waals surface area contributed by atoms with Crippen LogP contribution in [0, 0.1) is 0 Å². The van der Waals surface area contributed by atoms with Gasteiger partial charge in [-0.2, -0.15) is 0 Å². The lowest BCUT2D eigenvalue weighted by atomic mass is 10.3. The Balaban J connectivity index is 2.04. The zero-order valence-corrected chi connectivity index (χ0v) is 12.1. The van der Waals surface area contributed by atoms with Crippen molar-refractivity contribution in [2.24, 2.45) is 4.99 Å². The van der Waals surface area contributed by atoms with Crippen LogP contribution >= 0.6 is 0 Å². The molecule has 2 aromatic rings. The summed E-state index contributed by atoms with van der Waals surface area (Å²) in [7, 11) is 0. The number of nitrogens with one attached hydrogen (secondary N) is 2. The topological polar surface area (TPSA) is 66.6 Å². The number of fused-ring (bicyclic) bond motifs is 1. The van der Waals surface area contributed by atoms with Crippen molar-refractivity contribution < 1.29 is 0 Å². The average Bonchev–Trinajstić information content (AvgIpc) is 2.88. The number of pyridine rings is 1. The highest BCUT2D eigenvalue weighted by Gasteiger charge is 2.04. The van der Waals surface area contributed by atoms with Crippen LogP contribution in [-0.2, 0) is 6.54 Å². The molecule has 2 rings (SSSR count). The summed E-state index contributed by atoms with van der Waals surface area (Å²) in [6.07, 6.45) is 4.26. The molecule has 0 aliphatic heterocycles. The Morgan fingerprint density at radius 2 is 2.15 bits per heavy atom. The summed E-state index contributed by atoms with van der Waals surface area (Å²) < 4.78 is 1.96. The van der Waals surface area contributed by atoms with Crippen LogP contribution in [0.4, 0.5) is 0 Å². The standard InChI is InChI=1S/C14H22N6/c1-3-5-9-16-14(15-4-2)17-11-13-19-18-12-8-6-7-10-20(12)13/h6-8,10H,3-5,9,11H2,1-2H3,(H2,15,16,17). The van der Waals surface area contributed by atoms with Gasteiger partial charge in [-0.05, 0) is 25.5 Å². The van der Waals surface area contributed by atoms with Crippen LogP contribution < -0.4 is 10.6 Å². The summed E-state index contributed by atoms with van der Waals surface area (Å²) in [5.74, 6) is 1.67. The number of rotatable bonds is 6. The molecule has 0 fully saturated rings. The molecule has 0 spiro atoms. The largest absolute Gasteiger partial charge is 0.357 e. The molecule has 6 nitrogen and oxygen atoms in total. The third-order valence-corrected chi connectivity index (χ3v) is 2.93. The Labute approximate surface area is 119 Å². The van der Waals surface area contributed by atoms with E-state index in [0.29, 0.717) is 6.54 Å². The highest BCUT2D eigenvalue weighted by molar-refractivity contribution is 5.79. The Bertz CT molecular complexity index is 560. The Kier molecular flexibility index (Phi) is 5.34. The summed E-state index contributed by atoms with van der Waals surface area (Å²) in [6.45, 7) is 6.52. The fraction of sp³-hybridized carbons (Fsp3) is 0.500. The molecule has 0 amide bonds. The van der Waals surface area contributed by atoms with Gasteiger partial charge in [0.2, 0.25) is 0 Å². The monoisotopic (exact) mass is 274 g/mol. The van der Waals surface area contributed by atoms with E-state index in [1.165, 1.54) is 6.42 Å². The zero-order valence-electron chi connectivity index (χ0n) is 12.1. The van der Waals surface area contributed by atoms with Gasteiger partial charge in [-0.3, -0.25) is 4.40 Å². The molecule has 0 radical (unpaired) electrons. The highest BCUT2D eigenvalue weighted by atomic mass is 15.3. The van der Waals surface area contributed by atoms with Crippen molar-refractivity contribution in [3.8, 4) is 0 Å². The van der Waals surface area contributed by atoms with Gasteiger partial charge in [-0.15, -0.1) is 10.2 Å². The lowest BCUT2D eigenvalue weighted by Gasteiger charge is -2.10. The van der Waals surface area contributed by atoms with Gasteiger partial charge in [0.25, 0.3) is 0 Å². The zero-order chi connectivity index (χ0) is 14.2. The third kappa shape index (κ3) is 3.69. The van der Waals surface area contributed by atoms with Crippen molar-refractivity contribution in [1.29, 1.82) is 0 Å². The summed E-state index contributed by atoms with van der Waals surface area (Å²) in [5, 5.41) is 14.8. The molecule has 0 unspecified atom stereocenters. The first-order valence-corrected chi connectivity index (χ1v) is 7.16. The molecule has 0 bridgehead atoms. The van der Waals surface area contributed by atoms with Crippen LogP contribution in [0.15, 0.2) is 29.4 Å². The normalized spacial score (nSPS) is 11.8. The van der Waals surface area contributed by atoms with Crippen LogP contribution in [0.2, 0.25) is 0 Å². The van der Waals surface area contributed by atoms with Crippen molar-refractivity contribution in [2.45, 2.75) is 33.2 Å². The summed E-state index contributed by atoms with van der Waals surface area (Å²) in [4.78, 5) is 4.55. The molecule has 0 saturated carbocycles. The van der Waals surface area contributed by atoms with Gasteiger partial charge in [-0.1, -0.05) is 19.4 Å². The van der Waals surface area contributed by atoms with Crippen molar-refractivity contribution in [2.75, 3.05) is 13.1 Å². The van der Waals surface area contributed by atoms with E-state index < -0.39 is 0 Å². The van der Waals surface area contributed by atoms with E-state index >= 15 is 0 Å². The second-order valence-electron chi connectivity index (χ2n) is 4.52.